The Kier molecular flexibility index (Phi) is 3.06. The minimum Gasteiger partial charge on any atom is -0.469 e. The van der Waals surface area contributed by atoms with E-state index in [4.69, 9.17) is 0 Å². The number of ether oxygens (including phenoxy) is 1. The van der Waals surface area contributed by atoms with Crippen LogP contribution in [0.4, 0.5) is 0 Å². The van der Waals surface area contributed by atoms with E-state index in [1.165, 1.54) is 14.0 Å². The highest BCUT2D eigenvalue weighted by Gasteiger charge is 2.31. The molecule has 1 atom stereocenters. The van der Waals surface area contributed by atoms with Crippen molar-refractivity contribution in [2.75, 3.05) is 13.7 Å². The summed E-state index contributed by atoms with van der Waals surface area (Å²) in [6.45, 7) is 1.49. The highest BCUT2D eigenvalue weighted by molar-refractivity contribution is 5.87. The largest absolute Gasteiger partial charge is 0.469 e. The number of hydrogen-bond donors (Lipinski definition) is 1. The topological polar surface area (TPSA) is 75.7 Å². The molecular weight excluding hydrogens is 188 g/mol. The van der Waals surface area contributed by atoms with Crippen molar-refractivity contribution in [3.8, 4) is 0 Å². The van der Waals surface area contributed by atoms with E-state index in [0.717, 1.165) is 5.01 Å². The van der Waals surface area contributed by atoms with Crippen LogP contribution in [0.3, 0.4) is 0 Å². The predicted octanol–water partition coefficient (Wildman–Crippen LogP) is -0.941. The molecule has 1 aliphatic heterocycles. The highest BCUT2D eigenvalue weighted by Crippen LogP contribution is 2.12. The van der Waals surface area contributed by atoms with Gasteiger partial charge in [0.05, 0.1) is 19.6 Å². The summed E-state index contributed by atoms with van der Waals surface area (Å²) in [5, 5.41) is 1.12. The summed E-state index contributed by atoms with van der Waals surface area (Å²) in [7, 11) is 1.26. The molecule has 6 nitrogen and oxygen atoms in total. The third-order valence-electron chi connectivity index (χ3n) is 2.01. The lowest BCUT2D eigenvalue weighted by atomic mass is 10.0. The molecule has 0 aromatic heterocycles. The van der Waals surface area contributed by atoms with Crippen LogP contribution in [-0.2, 0) is 19.1 Å². The smallest absolute Gasteiger partial charge is 0.311 e. The highest BCUT2D eigenvalue weighted by atomic mass is 16.5. The van der Waals surface area contributed by atoms with Crippen LogP contribution >= 0.6 is 0 Å². The normalized spacial score (nSPS) is 21.4. The van der Waals surface area contributed by atoms with Gasteiger partial charge in [-0.3, -0.25) is 24.8 Å². The van der Waals surface area contributed by atoms with Crippen LogP contribution in [0.5, 0.6) is 0 Å². The van der Waals surface area contributed by atoms with Gasteiger partial charge in [-0.15, -0.1) is 0 Å². The Morgan fingerprint density at radius 2 is 2.21 bits per heavy atom. The average Bonchev–Trinajstić information content (AvgIpc) is 2.15. The van der Waals surface area contributed by atoms with Crippen LogP contribution in [0.25, 0.3) is 0 Å². The summed E-state index contributed by atoms with van der Waals surface area (Å²) < 4.78 is 4.51. The molecule has 0 bridgehead atoms. The molecule has 1 saturated heterocycles. The molecule has 0 saturated carbocycles. The SMILES string of the molecule is COC(=O)C1CC(=O)NN(C(C)=O)C1. The summed E-state index contributed by atoms with van der Waals surface area (Å²) >= 11 is 0. The van der Waals surface area contributed by atoms with E-state index in [9.17, 15) is 14.4 Å². The molecule has 0 aliphatic carbocycles. The first-order valence-electron chi connectivity index (χ1n) is 4.20. The monoisotopic (exact) mass is 200 g/mol. The van der Waals surface area contributed by atoms with Crippen molar-refractivity contribution >= 4 is 17.8 Å². The Labute approximate surface area is 81.2 Å². The number of carbonyl (C=O) groups excluding carboxylic acids is 3. The second-order valence-electron chi connectivity index (χ2n) is 3.09. The maximum Gasteiger partial charge on any atom is 0.311 e. The van der Waals surface area contributed by atoms with Crippen molar-refractivity contribution in [3.63, 3.8) is 0 Å². The van der Waals surface area contributed by atoms with E-state index < -0.39 is 11.9 Å². The zero-order valence-corrected chi connectivity index (χ0v) is 8.07. The number of hydrazine groups is 1. The molecule has 1 heterocycles. The van der Waals surface area contributed by atoms with E-state index in [0.29, 0.717) is 0 Å². The van der Waals surface area contributed by atoms with Crippen molar-refractivity contribution in [2.45, 2.75) is 13.3 Å². The number of amides is 2. The fraction of sp³-hybridized carbons (Fsp3) is 0.625. The summed E-state index contributed by atoms with van der Waals surface area (Å²) in [4.78, 5) is 33.2. The third kappa shape index (κ3) is 2.21. The first-order valence-corrected chi connectivity index (χ1v) is 4.20. The van der Waals surface area contributed by atoms with E-state index in [1.54, 1.807) is 0 Å². The number of nitrogens with one attached hydrogen (secondary N) is 1. The quantitative estimate of drug-likeness (QED) is 0.554. The van der Waals surface area contributed by atoms with Crippen LogP contribution in [0.15, 0.2) is 0 Å². The molecule has 1 unspecified atom stereocenters. The van der Waals surface area contributed by atoms with Gasteiger partial charge in [-0.2, -0.15) is 0 Å². The standard InChI is InChI=1S/C8H12N2O4/c1-5(11)10-4-6(8(13)14-2)3-7(12)9-10/h6H,3-4H2,1-2H3,(H,9,12). The fourth-order valence-corrected chi connectivity index (χ4v) is 1.28. The van der Waals surface area contributed by atoms with Crippen LogP contribution in [0.2, 0.25) is 0 Å². The average molecular weight is 200 g/mol. The maximum absolute atomic E-state index is 11.1. The number of carbonyl (C=O) groups is 3. The van der Waals surface area contributed by atoms with Crippen molar-refractivity contribution in [1.82, 2.24) is 10.4 Å². The predicted molar refractivity (Wildman–Crippen MR) is 45.7 cm³/mol. The lowest BCUT2D eigenvalue weighted by Crippen LogP contribution is -2.54. The number of nitrogens with zero attached hydrogens (tertiary/aromatic N) is 1. The van der Waals surface area contributed by atoms with Crippen LogP contribution in [-0.4, -0.2) is 36.4 Å². The van der Waals surface area contributed by atoms with Crippen LogP contribution < -0.4 is 5.43 Å². The van der Waals surface area contributed by atoms with Gasteiger partial charge < -0.3 is 4.74 Å². The number of hydrogen-bond acceptors (Lipinski definition) is 4. The van der Waals surface area contributed by atoms with Crippen LogP contribution in [0.1, 0.15) is 13.3 Å². The molecule has 1 fully saturated rings. The van der Waals surface area contributed by atoms with Crippen molar-refractivity contribution < 1.29 is 19.1 Å². The molecule has 0 spiro atoms. The summed E-state index contributed by atoms with van der Waals surface area (Å²) in [6.07, 6.45) is 0.0659. The molecule has 0 aromatic carbocycles. The molecule has 2 amide bonds. The van der Waals surface area contributed by atoms with E-state index >= 15 is 0 Å². The van der Waals surface area contributed by atoms with Gasteiger partial charge in [-0.1, -0.05) is 0 Å². The van der Waals surface area contributed by atoms with Gasteiger partial charge in [0, 0.05) is 13.3 Å². The Morgan fingerprint density at radius 1 is 1.57 bits per heavy atom. The van der Waals surface area contributed by atoms with E-state index in [2.05, 4.69) is 10.2 Å². The van der Waals surface area contributed by atoms with Crippen LogP contribution in [0, 0.1) is 5.92 Å². The molecule has 1 aliphatic rings. The van der Waals surface area contributed by atoms with Crippen molar-refractivity contribution in [1.29, 1.82) is 0 Å². The summed E-state index contributed by atoms with van der Waals surface area (Å²) in [5.74, 6) is -1.67. The Balaban J connectivity index is 2.67. The van der Waals surface area contributed by atoms with E-state index in [1.807, 2.05) is 0 Å². The van der Waals surface area contributed by atoms with E-state index in [-0.39, 0.29) is 24.8 Å². The molecule has 14 heavy (non-hydrogen) atoms. The number of esters is 1. The molecule has 0 aromatic rings. The summed E-state index contributed by atoms with van der Waals surface area (Å²) in [6, 6.07) is 0. The van der Waals surface area contributed by atoms with Crippen molar-refractivity contribution in [3.05, 3.63) is 0 Å². The Hall–Kier alpha value is -1.59. The van der Waals surface area contributed by atoms with Gasteiger partial charge in [0.1, 0.15) is 0 Å². The second kappa shape index (κ2) is 4.08. The minimum atomic E-state index is -0.558. The molecular formula is C8H12N2O4. The van der Waals surface area contributed by atoms with Gasteiger partial charge in [0.15, 0.2) is 0 Å². The first-order chi connectivity index (χ1) is 6.54. The minimum absolute atomic E-state index is 0.0659. The van der Waals surface area contributed by atoms with Gasteiger partial charge in [-0.05, 0) is 0 Å². The number of rotatable bonds is 1. The Morgan fingerprint density at radius 3 is 2.71 bits per heavy atom. The lowest BCUT2D eigenvalue weighted by Gasteiger charge is -2.30. The lowest BCUT2D eigenvalue weighted by molar-refractivity contribution is -0.156. The molecule has 0 radical (unpaired) electrons. The van der Waals surface area contributed by atoms with Gasteiger partial charge >= 0.3 is 5.97 Å². The summed E-state index contributed by atoms with van der Waals surface area (Å²) in [5.41, 5.74) is 2.36. The molecule has 78 valence electrons. The third-order valence-corrected chi connectivity index (χ3v) is 2.01. The first kappa shape index (κ1) is 10.5. The maximum atomic E-state index is 11.1. The second-order valence-corrected chi connectivity index (χ2v) is 3.09. The number of methoxy groups -OCH3 is 1. The molecule has 1 rings (SSSR count). The van der Waals surface area contributed by atoms with Crippen molar-refractivity contribution in [2.24, 2.45) is 5.92 Å². The molecule has 1 N–H and O–H groups in total. The molecule has 6 heteroatoms. The van der Waals surface area contributed by atoms with Gasteiger partial charge in [0.25, 0.3) is 0 Å². The van der Waals surface area contributed by atoms with Gasteiger partial charge in [0.2, 0.25) is 11.8 Å². The van der Waals surface area contributed by atoms with Gasteiger partial charge in [-0.25, -0.2) is 0 Å². The zero-order valence-electron chi connectivity index (χ0n) is 8.07. The zero-order chi connectivity index (χ0) is 10.7. The Bertz CT molecular complexity index is 277. The fourth-order valence-electron chi connectivity index (χ4n) is 1.28.